The van der Waals surface area contributed by atoms with Crippen molar-refractivity contribution in [3.8, 4) is 5.75 Å². The van der Waals surface area contributed by atoms with Crippen LogP contribution in [0.25, 0.3) is 0 Å². The summed E-state index contributed by atoms with van der Waals surface area (Å²) in [6, 6.07) is 6.47. The summed E-state index contributed by atoms with van der Waals surface area (Å²) in [7, 11) is 2.17. The van der Waals surface area contributed by atoms with Crippen molar-refractivity contribution in [3.63, 3.8) is 0 Å². The van der Waals surface area contributed by atoms with Crippen LogP contribution in [0.4, 0.5) is 16.5 Å². The first-order chi connectivity index (χ1) is 13.9. The van der Waals surface area contributed by atoms with Gasteiger partial charge in [0, 0.05) is 38.3 Å². The zero-order valence-electron chi connectivity index (χ0n) is 17.4. The van der Waals surface area contributed by atoms with Crippen molar-refractivity contribution in [2.45, 2.75) is 26.7 Å². The van der Waals surface area contributed by atoms with E-state index in [1.807, 2.05) is 0 Å². The normalized spacial score (nSPS) is 21.6. The molecule has 1 aromatic carbocycles. The Morgan fingerprint density at radius 2 is 1.90 bits per heavy atom. The number of ketones is 1. The Bertz CT molecular complexity index is 946. The number of piperazine rings is 1. The minimum atomic E-state index is -0.00701. The molecular weight excluding hydrogens is 384 g/mol. The van der Waals surface area contributed by atoms with Crippen LogP contribution in [0.2, 0.25) is 0 Å². The van der Waals surface area contributed by atoms with Crippen LogP contribution >= 0.6 is 11.3 Å². The summed E-state index contributed by atoms with van der Waals surface area (Å²) < 4.78 is 5.93. The van der Waals surface area contributed by atoms with Crippen molar-refractivity contribution in [3.05, 3.63) is 28.8 Å². The smallest absolute Gasteiger partial charge is 0.190 e. The van der Waals surface area contributed by atoms with Crippen LogP contribution in [0.5, 0.6) is 5.75 Å². The average molecular weight is 413 g/mol. The predicted molar refractivity (Wildman–Crippen MR) is 117 cm³/mol. The third kappa shape index (κ3) is 3.51. The van der Waals surface area contributed by atoms with Crippen molar-refractivity contribution in [1.82, 2.24) is 9.88 Å². The Morgan fingerprint density at radius 1 is 1.10 bits per heavy atom. The summed E-state index contributed by atoms with van der Waals surface area (Å²) in [5.41, 5.74) is 3.25. The third-order valence-corrected chi connectivity index (χ3v) is 7.29. The van der Waals surface area contributed by atoms with Gasteiger partial charge in [-0.25, -0.2) is 4.98 Å². The van der Waals surface area contributed by atoms with E-state index in [9.17, 15) is 4.79 Å². The molecule has 7 heteroatoms. The highest BCUT2D eigenvalue weighted by molar-refractivity contribution is 7.17. The third-order valence-electron chi connectivity index (χ3n) is 6.13. The van der Waals surface area contributed by atoms with E-state index in [4.69, 9.17) is 9.72 Å². The molecule has 1 aliphatic carbocycles. The molecule has 0 atom stereocenters. The summed E-state index contributed by atoms with van der Waals surface area (Å²) in [4.78, 5) is 25.5. The number of nitrogens with zero attached hydrogens (tertiary/aromatic N) is 4. The Labute approximate surface area is 176 Å². The molecule has 0 amide bonds. The van der Waals surface area contributed by atoms with Crippen LogP contribution in [0.1, 0.15) is 35.6 Å². The number of benzene rings is 1. The van der Waals surface area contributed by atoms with E-state index in [2.05, 4.69) is 53.8 Å². The fourth-order valence-electron chi connectivity index (χ4n) is 4.49. The molecule has 2 aromatic rings. The maximum atomic E-state index is 12.6. The number of fused-ring (bicyclic) bond motifs is 2. The van der Waals surface area contributed by atoms with Gasteiger partial charge in [0.15, 0.2) is 10.9 Å². The molecule has 6 nitrogen and oxygen atoms in total. The van der Waals surface area contributed by atoms with Crippen molar-refractivity contribution in [2.24, 2.45) is 5.41 Å². The lowest BCUT2D eigenvalue weighted by Gasteiger charge is -2.35. The first-order valence-electron chi connectivity index (χ1n) is 10.4. The van der Waals surface area contributed by atoms with Crippen LogP contribution in [-0.2, 0) is 6.42 Å². The van der Waals surface area contributed by atoms with E-state index in [1.165, 1.54) is 5.69 Å². The fraction of sp³-hybridized carbons (Fsp3) is 0.545. The first kappa shape index (κ1) is 18.9. The molecule has 5 rings (SSSR count). The molecule has 0 spiro atoms. The summed E-state index contributed by atoms with van der Waals surface area (Å²) in [6.07, 6.45) is 1.47. The fourth-order valence-corrected chi connectivity index (χ4v) is 5.55. The molecule has 2 aliphatic heterocycles. The van der Waals surface area contributed by atoms with Gasteiger partial charge < -0.3 is 19.4 Å². The molecular formula is C22H28N4O2S. The van der Waals surface area contributed by atoms with E-state index in [0.717, 1.165) is 66.3 Å². The molecule has 3 heterocycles. The van der Waals surface area contributed by atoms with E-state index in [0.29, 0.717) is 13.0 Å². The van der Waals surface area contributed by atoms with Gasteiger partial charge in [-0.1, -0.05) is 25.2 Å². The minimum Gasteiger partial charge on any atom is -0.490 e. The van der Waals surface area contributed by atoms with E-state index < -0.39 is 0 Å². The number of ether oxygens (including phenoxy) is 1. The number of aromatic nitrogens is 1. The predicted octanol–water partition coefficient (Wildman–Crippen LogP) is 3.58. The molecule has 0 saturated carbocycles. The molecule has 3 aliphatic rings. The molecule has 1 saturated heterocycles. The molecule has 29 heavy (non-hydrogen) atoms. The van der Waals surface area contributed by atoms with Crippen molar-refractivity contribution in [1.29, 1.82) is 0 Å². The maximum absolute atomic E-state index is 12.6. The lowest BCUT2D eigenvalue weighted by Crippen LogP contribution is -2.44. The number of hydrogen-bond donors (Lipinski definition) is 0. The van der Waals surface area contributed by atoms with Crippen molar-refractivity contribution in [2.75, 3.05) is 56.2 Å². The molecule has 0 bridgehead atoms. The lowest BCUT2D eigenvalue weighted by atomic mass is 9.78. The number of Topliss-reactive ketones (excluding diaryl/α,β-unsaturated/α-hetero) is 1. The number of carbonyl (C=O) groups excluding carboxylic acids is 1. The zero-order valence-corrected chi connectivity index (χ0v) is 18.2. The first-order valence-corrected chi connectivity index (χ1v) is 11.2. The van der Waals surface area contributed by atoms with Crippen molar-refractivity contribution < 1.29 is 9.53 Å². The largest absolute Gasteiger partial charge is 0.490 e. The van der Waals surface area contributed by atoms with E-state index in [1.54, 1.807) is 11.3 Å². The van der Waals surface area contributed by atoms with Gasteiger partial charge in [0.25, 0.3) is 0 Å². The highest BCUT2D eigenvalue weighted by atomic mass is 32.1. The number of carbonyl (C=O) groups is 1. The second-order valence-electron chi connectivity index (χ2n) is 9.16. The molecule has 154 valence electrons. The van der Waals surface area contributed by atoms with Gasteiger partial charge in [-0.15, -0.1) is 0 Å². The second-order valence-corrected chi connectivity index (χ2v) is 10.1. The summed E-state index contributed by atoms with van der Waals surface area (Å²) in [5, 5.41) is 0.918. The average Bonchev–Trinajstić information content (AvgIpc) is 3.10. The SMILES string of the molecule is CN1CCN(c2ccc3c(c2)N(c2nc4c(s2)C(=O)CC(C)(C)C4)CCO3)CC1. The minimum absolute atomic E-state index is 0.00701. The van der Waals surface area contributed by atoms with Gasteiger partial charge in [0.1, 0.15) is 12.4 Å². The van der Waals surface area contributed by atoms with Crippen LogP contribution < -0.4 is 14.5 Å². The molecule has 1 aromatic heterocycles. The maximum Gasteiger partial charge on any atom is 0.190 e. The Morgan fingerprint density at radius 3 is 2.69 bits per heavy atom. The zero-order chi connectivity index (χ0) is 20.2. The topological polar surface area (TPSA) is 48.9 Å². The van der Waals surface area contributed by atoms with Crippen LogP contribution in [0, 0.1) is 5.41 Å². The van der Waals surface area contributed by atoms with Gasteiger partial charge in [0.05, 0.1) is 22.8 Å². The van der Waals surface area contributed by atoms with Gasteiger partial charge in [0.2, 0.25) is 0 Å². The Balaban J connectivity index is 1.48. The monoisotopic (exact) mass is 412 g/mol. The van der Waals surface area contributed by atoms with Crippen LogP contribution in [-0.4, -0.2) is 62.0 Å². The van der Waals surface area contributed by atoms with Crippen LogP contribution in [0.15, 0.2) is 18.2 Å². The second kappa shape index (κ2) is 6.99. The van der Waals surface area contributed by atoms with Crippen LogP contribution in [0.3, 0.4) is 0 Å². The van der Waals surface area contributed by atoms with Gasteiger partial charge >= 0.3 is 0 Å². The quantitative estimate of drug-likeness (QED) is 0.752. The van der Waals surface area contributed by atoms with Gasteiger partial charge in [-0.3, -0.25) is 4.79 Å². The highest BCUT2D eigenvalue weighted by Gasteiger charge is 2.35. The van der Waals surface area contributed by atoms with Gasteiger partial charge in [-0.05, 0) is 37.1 Å². The number of rotatable bonds is 2. The summed E-state index contributed by atoms with van der Waals surface area (Å²) >= 11 is 1.55. The van der Waals surface area contributed by atoms with E-state index in [-0.39, 0.29) is 11.2 Å². The van der Waals surface area contributed by atoms with E-state index >= 15 is 0 Å². The molecule has 0 radical (unpaired) electrons. The molecule has 0 N–H and O–H groups in total. The summed E-state index contributed by atoms with van der Waals surface area (Å²) in [6.45, 7) is 9.91. The van der Waals surface area contributed by atoms with Crippen molar-refractivity contribution >= 4 is 33.6 Å². The number of thiazole rings is 1. The molecule has 1 fully saturated rings. The Kier molecular flexibility index (Phi) is 4.55. The Hall–Kier alpha value is -2.12. The van der Waals surface area contributed by atoms with Gasteiger partial charge in [-0.2, -0.15) is 0 Å². The number of hydrogen-bond acceptors (Lipinski definition) is 7. The number of likely N-dealkylation sites (N-methyl/N-ethyl adjacent to an activating group) is 1. The lowest BCUT2D eigenvalue weighted by molar-refractivity contribution is 0.0916. The standard InChI is InChI=1S/C22H28N4O2S/c1-22(2)13-16-20(18(27)14-22)29-21(23-16)26-10-11-28-19-5-4-15(12-17(19)26)25-8-6-24(3)7-9-25/h4-5,12H,6-11,13-14H2,1-3H3. The summed E-state index contributed by atoms with van der Waals surface area (Å²) in [5.74, 6) is 1.13. The number of anilines is 3. The highest BCUT2D eigenvalue weighted by Crippen LogP contribution is 2.44. The molecule has 0 unspecified atom stereocenters.